The molecule has 3 aliphatic rings. The quantitative estimate of drug-likeness (QED) is 0.101. The number of anilines is 1. The Morgan fingerprint density at radius 2 is 1.69 bits per heavy atom. The van der Waals surface area contributed by atoms with Crippen LogP contribution in [-0.4, -0.2) is 74.5 Å². The summed E-state index contributed by atoms with van der Waals surface area (Å²) >= 11 is 12.3. The number of ether oxygens (including phenoxy) is 1. The van der Waals surface area contributed by atoms with Crippen LogP contribution in [0.25, 0.3) is 11.2 Å². The van der Waals surface area contributed by atoms with Crippen LogP contribution < -0.4 is 15.8 Å². The van der Waals surface area contributed by atoms with Crippen LogP contribution in [0.15, 0.2) is 56.0 Å². The molecule has 0 spiro atoms. The fourth-order valence-corrected chi connectivity index (χ4v) is 11.3. The normalized spacial score (nSPS) is 25.4. The summed E-state index contributed by atoms with van der Waals surface area (Å²) in [7, 11) is -23.7. The number of Topliss-reactive ketones (excluding diaryl/α,β-unsaturated/α-hetero) is 1. The molecule has 6 rings (SSSR count). The summed E-state index contributed by atoms with van der Waals surface area (Å²) in [6, 6.07) is 3.63. The number of carbonyl (C=O) groups is 1. The molecule has 2 aliphatic heterocycles. The number of ketones is 1. The molecule has 292 valence electrons. The van der Waals surface area contributed by atoms with Crippen molar-refractivity contribution < 1.29 is 74.5 Å². The number of fused-ring (bicyclic) bond motifs is 3. The molecule has 1 aromatic carbocycles. The Labute approximate surface area is 311 Å². The van der Waals surface area contributed by atoms with Gasteiger partial charge in [0, 0.05) is 17.4 Å². The molecule has 0 saturated carbocycles. The summed E-state index contributed by atoms with van der Waals surface area (Å²) in [5, 5.41) is 10.0. The van der Waals surface area contributed by atoms with Gasteiger partial charge in [0.2, 0.25) is 11.7 Å². The molecule has 0 bridgehead atoms. The second-order valence-corrected chi connectivity index (χ2v) is 19.0. The van der Waals surface area contributed by atoms with Crippen molar-refractivity contribution in [1.29, 1.82) is 0 Å². The molecule has 3 aromatic rings. The lowest BCUT2D eigenvalue weighted by molar-refractivity contribution is -0.111. The maximum atomic E-state index is 12.7. The molecule has 2 aromatic heterocycles. The number of nitrogens with two attached hydrogens (primary N) is 1. The van der Waals surface area contributed by atoms with Gasteiger partial charge < -0.3 is 34.8 Å². The first-order chi connectivity index (χ1) is 24.9. The van der Waals surface area contributed by atoms with Crippen LogP contribution >= 0.6 is 54.5 Å². The molecule has 29 heteroatoms. The number of nitrogens with zero attached hydrogens (tertiary/aromatic N) is 4. The zero-order valence-corrected chi connectivity index (χ0v) is 32.2. The van der Waals surface area contributed by atoms with Gasteiger partial charge in [0.15, 0.2) is 11.2 Å². The molecule has 23 nitrogen and oxygen atoms in total. The van der Waals surface area contributed by atoms with Crippen LogP contribution in [-0.2, 0) is 50.7 Å². The van der Waals surface area contributed by atoms with Crippen LogP contribution in [0.1, 0.15) is 32.1 Å². The van der Waals surface area contributed by atoms with E-state index in [0.717, 1.165) is 6.07 Å². The first-order valence-electron chi connectivity index (χ1n) is 14.8. The highest BCUT2D eigenvalue weighted by atomic mass is 35.5. The highest BCUT2D eigenvalue weighted by molar-refractivity contribution is 7.69. The lowest BCUT2D eigenvalue weighted by Crippen LogP contribution is -2.32. The summed E-state index contributed by atoms with van der Waals surface area (Å²) in [6.07, 6.45) is -1.51. The molecule has 4 heterocycles. The minimum Gasteiger partial charge on any atom is -0.404 e. The van der Waals surface area contributed by atoms with E-state index in [4.69, 9.17) is 38.2 Å². The van der Waals surface area contributed by atoms with Gasteiger partial charge in [0.25, 0.3) is 5.56 Å². The topological polar surface area (TPSA) is 344 Å². The van der Waals surface area contributed by atoms with E-state index >= 15 is 0 Å². The van der Waals surface area contributed by atoms with Crippen LogP contribution in [0.3, 0.4) is 0 Å². The number of imidazole rings is 1. The lowest BCUT2D eigenvalue weighted by Gasteiger charge is -2.36. The van der Waals surface area contributed by atoms with E-state index in [1.165, 1.54) is 29.1 Å². The number of aromatic nitrogens is 4. The predicted molar refractivity (Wildman–Crippen MR) is 185 cm³/mol. The first kappa shape index (κ1) is 40.7. The Kier molecular flexibility index (Phi) is 10.7. The summed E-state index contributed by atoms with van der Waals surface area (Å²) in [5.41, 5.74) is 4.92. The van der Waals surface area contributed by atoms with E-state index in [0.29, 0.717) is 17.0 Å². The Hall–Kier alpha value is -2.91. The molecule has 7 atom stereocenters. The van der Waals surface area contributed by atoms with E-state index in [1.807, 2.05) is 0 Å². The SMILES string of the molecule is CC1(C)C2=C(Cl)C(=O)C(Cl)=CC2=Nc2ccc(OP(=O)(O)OP(=O)(O)OP(=O)(O)OP(=O)(O)OC[C@H]3OC(n4cnc5c(=O)[nH]c(N)nc54)CC3O)cc21. The van der Waals surface area contributed by atoms with E-state index in [-0.39, 0.29) is 39.2 Å². The standard InChI is InChI=1S/C25H26Cl2N6O17P4/c1-25(2)11-5-10(3-4-13(11)30-14-6-12(26)21(35)19(27)18(14)25)47-52(39,40)49-54(43,44)50-53(41,42)48-51(37,38)45-8-16-15(34)7-17(46-16)33-9-29-20-22(33)31-24(28)32-23(20)36/h3-6,9,15-17,34H,7-8H2,1-2H3,(H,37,38)(H,39,40)(H,41,42)(H,43,44)(H3,28,31,32,36)/t15?,16-,17?/m1/s1. The highest BCUT2D eigenvalue weighted by Crippen LogP contribution is 2.71. The van der Waals surface area contributed by atoms with Crippen LogP contribution in [0.4, 0.5) is 11.6 Å². The summed E-state index contributed by atoms with van der Waals surface area (Å²) in [4.78, 5) is 79.2. The van der Waals surface area contributed by atoms with E-state index in [1.54, 1.807) is 13.8 Å². The van der Waals surface area contributed by atoms with Crippen molar-refractivity contribution in [1.82, 2.24) is 19.5 Å². The van der Waals surface area contributed by atoms with Gasteiger partial charge in [-0.05, 0) is 29.8 Å². The Morgan fingerprint density at radius 3 is 2.37 bits per heavy atom. The minimum absolute atomic E-state index is 0.0110. The largest absolute Gasteiger partial charge is 0.536 e. The number of nitrogen functional groups attached to an aromatic ring is 1. The van der Waals surface area contributed by atoms with Gasteiger partial charge >= 0.3 is 31.3 Å². The number of aliphatic imine (C=N–C) groups is 1. The molecule has 1 aliphatic carbocycles. The number of allylic oxidation sites excluding steroid dienone is 4. The second-order valence-electron chi connectivity index (χ2n) is 12.0. The average Bonchev–Trinajstić information content (AvgIpc) is 3.60. The fraction of sp³-hybridized carbons (Fsp3) is 0.320. The van der Waals surface area contributed by atoms with Crippen molar-refractivity contribution >= 4 is 88.8 Å². The molecular weight excluding hydrogens is 851 g/mol. The number of aliphatic hydroxyl groups is 1. The number of phosphoric acid groups is 4. The fourth-order valence-electron chi connectivity index (χ4n) is 5.66. The third kappa shape index (κ3) is 8.42. The molecule has 1 saturated heterocycles. The number of phosphoric ester groups is 2. The van der Waals surface area contributed by atoms with Gasteiger partial charge in [-0.25, -0.2) is 28.2 Å². The summed E-state index contributed by atoms with van der Waals surface area (Å²) in [6.45, 7) is 2.32. The number of nitrogens with one attached hydrogen (secondary N) is 1. The van der Waals surface area contributed by atoms with Gasteiger partial charge in [-0.2, -0.15) is 17.9 Å². The van der Waals surface area contributed by atoms with Crippen molar-refractivity contribution in [3.8, 4) is 5.75 Å². The van der Waals surface area contributed by atoms with E-state index in [2.05, 4.69) is 37.4 Å². The van der Waals surface area contributed by atoms with E-state index in [9.17, 15) is 52.5 Å². The molecule has 0 amide bonds. The molecule has 8 N–H and O–H groups in total. The number of hydrogen-bond donors (Lipinski definition) is 7. The van der Waals surface area contributed by atoms with Crippen LogP contribution in [0.5, 0.6) is 5.75 Å². The van der Waals surface area contributed by atoms with Crippen LogP contribution in [0, 0.1) is 0 Å². The maximum Gasteiger partial charge on any atom is 0.536 e. The zero-order chi connectivity index (χ0) is 39.8. The Balaban J connectivity index is 1.07. The summed E-state index contributed by atoms with van der Waals surface area (Å²) in [5.74, 6) is -1.35. The second kappa shape index (κ2) is 14.2. The number of halogens is 2. The number of hydrogen-bond acceptors (Lipinski definition) is 17. The molecule has 1 fully saturated rings. The molecule has 0 radical (unpaired) electrons. The number of carbonyl (C=O) groups excluding carboxylic acids is 1. The number of aromatic amines is 1. The highest BCUT2D eigenvalue weighted by Gasteiger charge is 2.48. The number of H-pyrrole nitrogens is 1. The molecule has 6 unspecified atom stereocenters. The number of rotatable bonds is 12. The maximum absolute atomic E-state index is 12.7. The smallest absolute Gasteiger partial charge is 0.404 e. The average molecular weight is 877 g/mol. The van der Waals surface area contributed by atoms with Crippen molar-refractivity contribution in [3.63, 3.8) is 0 Å². The van der Waals surface area contributed by atoms with Gasteiger partial charge in [0.05, 0.1) is 40.5 Å². The third-order valence-electron chi connectivity index (χ3n) is 7.87. The van der Waals surface area contributed by atoms with Gasteiger partial charge in [-0.1, -0.05) is 37.0 Å². The summed E-state index contributed by atoms with van der Waals surface area (Å²) < 4.78 is 78.4. The van der Waals surface area contributed by atoms with Crippen LogP contribution in [0.2, 0.25) is 0 Å². The zero-order valence-electron chi connectivity index (χ0n) is 27.1. The number of aliphatic hydroxyl groups excluding tert-OH is 1. The first-order valence-corrected chi connectivity index (χ1v) is 21.5. The monoisotopic (exact) mass is 876 g/mol. The van der Waals surface area contributed by atoms with Gasteiger partial charge in [-0.15, -0.1) is 0 Å². The minimum atomic E-state index is -6.14. The number of benzene rings is 1. The molecular formula is C25H26Cl2N6O17P4. The van der Waals surface area contributed by atoms with Crippen molar-refractivity contribution in [2.75, 3.05) is 12.3 Å². The van der Waals surface area contributed by atoms with Crippen molar-refractivity contribution in [2.24, 2.45) is 4.99 Å². The van der Waals surface area contributed by atoms with Gasteiger partial charge in [-0.3, -0.25) is 28.6 Å². The molecule has 54 heavy (non-hydrogen) atoms. The van der Waals surface area contributed by atoms with Gasteiger partial charge in [0.1, 0.15) is 18.1 Å². The third-order valence-corrected chi connectivity index (χ3v) is 14.4. The Morgan fingerprint density at radius 1 is 1.04 bits per heavy atom. The van der Waals surface area contributed by atoms with E-state index < -0.39 is 78.8 Å². The Bertz CT molecular complexity index is 2450. The predicted octanol–water partition coefficient (Wildman–Crippen LogP) is 3.46. The van der Waals surface area contributed by atoms with Crippen molar-refractivity contribution in [3.05, 3.63) is 62.2 Å². The lowest BCUT2D eigenvalue weighted by atomic mass is 9.71. The van der Waals surface area contributed by atoms with Crippen molar-refractivity contribution in [2.45, 2.75) is 44.1 Å².